The molecule has 1 fully saturated rings. The van der Waals surface area contributed by atoms with Crippen LogP contribution in [0.4, 0.5) is 17.6 Å². The summed E-state index contributed by atoms with van der Waals surface area (Å²) in [7, 11) is 0. The van der Waals surface area contributed by atoms with Crippen molar-refractivity contribution in [1.29, 1.82) is 0 Å². The lowest BCUT2D eigenvalue weighted by Crippen LogP contribution is -2.49. The topological polar surface area (TPSA) is 15.3 Å². The lowest BCUT2D eigenvalue weighted by Gasteiger charge is -2.36. The van der Waals surface area contributed by atoms with Crippen LogP contribution in [0.3, 0.4) is 0 Å². The van der Waals surface area contributed by atoms with Gasteiger partial charge in [-0.1, -0.05) is 6.07 Å². The fourth-order valence-electron chi connectivity index (χ4n) is 2.23. The molecule has 0 unspecified atom stereocenters. The molecule has 122 valence electrons. The first-order valence-corrected chi connectivity index (χ1v) is 6.65. The SMILES string of the molecule is Cl.Cl.Fc1cc([C@@H](N2CCNCC2)C(F)(F)F)ccc1Br. The van der Waals surface area contributed by atoms with Crippen LogP contribution in [-0.2, 0) is 0 Å². The fraction of sp³-hybridized carbons (Fsp3) is 0.500. The molecule has 1 heterocycles. The van der Waals surface area contributed by atoms with Crippen LogP contribution in [0.1, 0.15) is 11.6 Å². The Morgan fingerprint density at radius 1 is 1.14 bits per heavy atom. The maximum absolute atomic E-state index is 13.4. The summed E-state index contributed by atoms with van der Waals surface area (Å²) in [6, 6.07) is 1.82. The molecule has 1 aromatic carbocycles. The van der Waals surface area contributed by atoms with E-state index in [1.807, 2.05) is 0 Å². The van der Waals surface area contributed by atoms with Crippen LogP contribution in [-0.4, -0.2) is 37.3 Å². The second kappa shape index (κ2) is 8.53. The van der Waals surface area contributed by atoms with Gasteiger partial charge in [-0.2, -0.15) is 13.2 Å². The molecule has 0 spiro atoms. The normalized spacial score (nSPS) is 17.6. The number of nitrogens with zero attached hydrogens (tertiary/aromatic N) is 1. The molecule has 1 aliphatic heterocycles. The maximum atomic E-state index is 13.4. The van der Waals surface area contributed by atoms with Crippen molar-refractivity contribution >= 4 is 40.7 Å². The van der Waals surface area contributed by atoms with Crippen molar-refractivity contribution in [2.75, 3.05) is 26.2 Å². The van der Waals surface area contributed by atoms with Gasteiger partial charge >= 0.3 is 6.18 Å². The molecule has 0 amide bonds. The number of benzene rings is 1. The summed E-state index contributed by atoms with van der Waals surface area (Å²) in [4.78, 5) is 1.33. The van der Waals surface area contributed by atoms with Gasteiger partial charge in [0.2, 0.25) is 0 Å². The van der Waals surface area contributed by atoms with Crippen LogP contribution in [0.5, 0.6) is 0 Å². The number of nitrogens with one attached hydrogen (secondary N) is 1. The minimum atomic E-state index is -4.42. The summed E-state index contributed by atoms with van der Waals surface area (Å²) < 4.78 is 53.3. The molecule has 0 aliphatic carbocycles. The van der Waals surface area contributed by atoms with Crippen LogP contribution < -0.4 is 5.32 Å². The third kappa shape index (κ3) is 5.25. The summed E-state index contributed by atoms with van der Waals surface area (Å²) >= 11 is 2.95. The van der Waals surface area contributed by atoms with Crippen LogP contribution in [0.25, 0.3) is 0 Å². The molecule has 21 heavy (non-hydrogen) atoms. The van der Waals surface area contributed by atoms with Gasteiger partial charge in [0.15, 0.2) is 0 Å². The van der Waals surface area contributed by atoms with Gasteiger partial charge in [-0.25, -0.2) is 4.39 Å². The Kier molecular flexibility index (Phi) is 8.49. The van der Waals surface area contributed by atoms with E-state index >= 15 is 0 Å². The molecule has 1 atom stereocenters. The zero-order chi connectivity index (χ0) is 14.0. The number of piperazine rings is 1. The summed E-state index contributed by atoms with van der Waals surface area (Å²) in [5.41, 5.74) is -0.0601. The van der Waals surface area contributed by atoms with Crippen molar-refractivity contribution in [3.63, 3.8) is 0 Å². The van der Waals surface area contributed by atoms with E-state index in [-0.39, 0.29) is 34.9 Å². The fourth-order valence-corrected chi connectivity index (χ4v) is 2.48. The minimum Gasteiger partial charge on any atom is -0.314 e. The van der Waals surface area contributed by atoms with Crippen LogP contribution >= 0.6 is 40.7 Å². The molecule has 9 heteroatoms. The summed E-state index contributed by atoms with van der Waals surface area (Å²) in [6.07, 6.45) is -4.42. The zero-order valence-electron chi connectivity index (χ0n) is 10.8. The molecule has 0 aromatic heterocycles. The van der Waals surface area contributed by atoms with Gasteiger partial charge < -0.3 is 5.32 Å². The molecule has 0 radical (unpaired) electrons. The predicted molar refractivity (Wildman–Crippen MR) is 81.8 cm³/mol. The quantitative estimate of drug-likeness (QED) is 0.738. The number of rotatable bonds is 2. The lowest BCUT2D eigenvalue weighted by molar-refractivity contribution is -0.187. The first-order valence-electron chi connectivity index (χ1n) is 5.86. The third-order valence-corrected chi connectivity index (χ3v) is 3.73. The van der Waals surface area contributed by atoms with E-state index in [0.717, 1.165) is 6.07 Å². The van der Waals surface area contributed by atoms with Gasteiger partial charge in [-0.15, -0.1) is 24.8 Å². The molecule has 2 rings (SSSR count). The second-order valence-corrected chi connectivity index (χ2v) is 5.26. The number of hydrogen-bond acceptors (Lipinski definition) is 2. The highest BCUT2D eigenvalue weighted by molar-refractivity contribution is 9.10. The minimum absolute atomic E-state index is 0. The van der Waals surface area contributed by atoms with Crippen molar-refractivity contribution in [2.24, 2.45) is 0 Å². The van der Waals surface area contributed by atoms with E-state index in [1.54, 1.807) is 0 Å². The smallest absolute Gasteiger partial charge is 0.314 e. The average Bonchev–Trinajstić information content (AvgIpc) is 2.34. The standard InChI is InChI=1S/C12H13BrF4N2.2ClH/c13-9-2-1-8(7-10(9)14)11(12(15,16)17)19-5-3-18-4-6-19;;/h1-2,7,11,18H,3-6H2;2*1H/t11-;;/m1../s1. The van der Waals surface area contributed by atoms with Crippen molar-refractivity contribution in [2.45, 2.75) is 12.2 Å². The maximum Gasteiger partial charge on any atom is 0.408 e. The Morgan fingerprint density at radius 3 is 2.19 bits per heavy atom. The zero-order valence-corrected chi connectivity index (χ0v) is 14.0. The van der Waals surface area contributed by atoms with Crippen molar-refractivity contribution in [3.05, 3.63) is 34.1 Å². The number of alkyl halides is 3. The lowest BCUT2D eigenvalue weighted by atomic mass is 10.0. The van der Waals surface area contributed by atoms with Crippen LogP contribution in [0.15, 0.2) is 22.7 Å². The van der Waals surface area contributed by atoms with E-state index in [1.165, 1.54) is 17.0 Å². The van der Waals surface area contributed by atoms with E-state index in [2.05, 4.69) is 21.2 Å². The molecule has 1 saturated heterocycles. The van der Waals surface area contributed by atoms with Gasteiger partial charge in [-0.3, -0.25) is 4.90 Å². The Hall–Kier alpha value is -0.0800. The predicted octanol–water partition coefficient (Wildman–Crippen LogP) is 3.94. The highest BCUT2D eigenvalue weighted by Gasteiger charge is 2.45. The highest BCUT2D eigenvalue weighted by Crippen LogP contribution is 2.38. The van der Waals surface area contributed by atoms with Gasteiger partial charge in [-0.05, 0) is 33.6 Å². The van der Waals surface area contributed by atoms with Crippen LogP contribution in [0, 0.1) is 5.82 Å². The molecular weight excluding hydrogens is 399 g/mol. The van der Waals surface area contributed by atoms with E-state index in [0.29, 0.717) is 26.2 Å². The Morgan fingerprint density at radius 2 is 1.71 bits per heavy atom. The number of halogens is 7. The highest BCUT2D eigenvalue weighted by atomic mass is 79.9. The largest absolute Gasteiger partial charge is 0.408 e. The summed E-state index contributed by atoms with van der Waals surface area (Å²) in [5.74, 6) is -0.679. The molecule has 1 N–H and O–H groups in total. The second-order valence-electron chi connectivity index (χ2n) is 4.40. The first kappa shape index (κ1) is 20.9. The molecule has 1 aromatic rings. The van der Waals surface area contributed by atoms with Gasteiger partial charge in [0, 0.05) is 26.2 Å². The Balaban J connectivity index is 0.00000200. The van der Waals surface area contributed by atoms with Crippen LogP contribution in [0.2, 0.25) is 0 Å². The molecule has 0 saturated carbocycles. The summed E-state index contributed by atoms with van der Waals surface area (Å²) in [5, 5.41) is 3.00. The van der Waals surface area contributed by atoms with E-state index in [9.17, 15) is 17.6 Å². The van der Waals surface area contributed by atoms with E-state index < -0.39 is 18.0 Å². The van der Waals surface area contributed by atoms with Crippen molar-refractivity contribution < 1.29 is 17.6 Å². The van der Waals surface area contributed by atoms with Gasteiger partial charge in [0.1, 0.15) is 11.9 Å². The average molecular weight is 414 g/mol. The Labute approximate surface area is 141 Å². The molecule has 2 nitrogen and oxygen atoms in total. The van der Waals surface area contributed by atoms with Crippen molar-refractivity contribution in [3.8, 4) is 0 Å². The summed E-state index contributed by atoms with van der Waals surface area (Å²) in [6.45, 7) is 1.60. The molecular formula is C12H15BrCl2F4N2. The monoisotopic (exact) mass is 412 g/mol. The molecule has 1 aliphatic rings. The number of hydrogen-bond donors (Lipinski definition) is 1. The van der Waals surface area contributed by atoms with Gasteiger partial charge in [0.25, 0.3) is 0 Å². The van der Waals surface area contributed by atoms with Gasteiger partial charge in [0.05, 0.1) is 4.47 Å². The molecule has 0 bridgehead atoms. The third-order valence-electron chi connectivity index (χ3n) is 3.09. The van der Waals surface area contributed by atoms with E-state index in [4.69, 9.17) is 0 Å². The Bertz CT molecular complexity index is 453. The van der Waals surface area contributed by atoms with Crippen molar-refractivity contribution in [1.82, 2.24) is 10.2 Å². The first-order chi connectivity index (χ1) is 8.89.